The van der Waals surface area contributed by atoms with E-state index in [0.29, 0.717) is 25.4 Å². The highest BCUT2D eigenvalue weighted by Crippen LogP contribution is 2.22. The van der Waals surface area contributed by atoms with Crippen LogP contribution < -0.4 is 0 Å². The summed E-state index contributed by atoms with van der Waals surface area (Å²) in [6.45, 7) is 1.14. The lowest BCUT2D eigenvalue weighted by molar-refractivity contribution is -0.141. The van der Waals surface area contributed by atoms with E-state index in [1.165, 1.54) is 0 Å². The van der Waals surface area contributed by atoms with Crippen molar-refractivity contribution in [3.8, 4) is 11.3 Å². The molecule has 0 aliphatic carbocycles. The van der Waals surface area contributed by atoms with Crippen LogP contribution >= 0.6 is 0 Å². The quantitative estimate of drug-likeness (QED) is 0.932. The number of carboxylic acid groups (broad SMARTS) is 1. The monoisotopic (exact) mass is 328 g/mol. The third-order valence-electron chi connectivity index (χ3n) is 4.24. The second-order valence-electron chi connectivity index (χ2n) is 5.87. The molecule has 1 aromatic carbocycles. The lowest BCUT2D eigenvalue weighted by Gasteiger charge is -2.32. The highest BCUT2D eigenvalue weighted by atomic mass is 16.5. The van der Waals surface area contributed by atoms with Crippen LogP contribution in [0.5, 0.6) is 0 Å². The van der Waals surface area contributed by atoms with Gasteiger partial charge < -0.3 is 19.3 Å². The Kier molecular flexibility index (Phi) is 4.66. The van der Waals surface area contributed by atoms with Gasteiger partial charge in [-0.25, -0.2) is 0 Å². The average Bonchev–Trinajstić information content (AvgIpc) is 2.96. The Morgan fingerprint density at radius 2 is 1.96 bits per heavy atom. The topological polar surface area (TPSA) is 71.8 Å². The van der Waals surface area contributed by atoms with Gasteiger partial charge in [-0.2, -0.15) is 0 Å². The minimum atomic E-state index is -0.917. The van der Waals surface area contributed by atoms with E-state index in [4.69, 9.17) is 9.84 Å². The summed E-state index contributed by atoms with van der Waals surface area (Å²) in [5, 5.41) is 8.89. The molecule has 0 unspecified atom stereocenters. The molecule has 6 nitrogen and oxygen atoms in total. The lowest BCUT2D eigenvalue weighted by Crippen LogP contribution is -2.46. The SMILES string of the molecule is Cn1c(C(=O)N2CCO[C@@H](CC(=O)O)C2)ccc1-c1ccccc1. The van der Waals surface area contributed by atoms with Gasteiger partial charge in [-0.05, 0) is 17.7 Å². The van der Waals surface area contributed by atoms with Crippen molar-refractivity contribution in [2.24, 2.45) is 7.05 Å². The van der Waals surface area contributed by atoms with E-state index in [0.717, 1.165) is 11.3 Å². The van der Waals surface area contributed by atoms with Crippen LogP contribution in [0.1, 0.15) is 16.9 Å². The summed E-state index contributed by atoms with van der Waals surface area (Å²) in [6.07, 6.45) is -0.541. The summed E-state index contributed by atoms with van der Waals surface area (Å²) < 4.78 is 7.30. The molecule has 6 heteroatoms. The smallest absolute Gasteiger partial charge is 0.306 e. The number of carbonyl (C=O) groups excluding carboxylic acids is 1. The first-order valence-corrected chi connectivity index (χ1v) is 7.90. The first kappa shape index (κ1) is 16.3. The number of ether oxygens (including phenoxy) is 1. The fraction of sp³-hybridized carbons (Fsp3) is 0.333. The van der Waals surface area contributed by atoms with Crippen molar-refractivity contribution in [1.82, 2.24) is 9.47 Å². The van der Waals surface area contributed by atoms with Gasteiger partial charge in [0.05, 0.1) is 19.1 Å². The number of morpholine rings is 1. The third kappa shape index (κ3) is 3.33. The third-order valence-corrected chi connectivity index (χ3v) is 4.24. The summed E-state index contributed by atoms with van der Waals surface area (Å²) >= 11 is 0. The number of benzene rings is 1. The Bertz CT molecular complexity index is 739. The van der Waals surface area contributed by atoms with Crippen LogP contribution in [0.25, 0.3) is 11.3 Å². The molecule has 2 heterocycles. The zero-order chi connectivity index (χ0) is 17.1. The fourth-order valence-corrected chi connectivity index (χ4v) is 3.01. The zero-order valence-electron chi connectivity index (χ0n) is 13.5. The van der Waals surface area contributed by atoms with Crippen molar-refractivity contribution in [3.05, 3.63) is 48.2 Å². The summed E-state index contributed by atoms with van der Waals surface area (Å²) in [7, 11) is 1.87. The summed E-state index contributed by atoms with van der Waals surface area (Å²) in [6, 6.07) is 13.6. The zero-order valence-corrected chi connectivity index (χ0v) is 13.5. The van der Waals surface area contributed by atoms with Gasteiger partial charge in [0.2, 0.25) is 0 Å². The molecular weight excluding hydrogens is 308 g/mol. The van der Waals surface area contributed by atoms with Gasteiger partial charge in [0, 0.05) is 25.8 Å². The molecule has 0 saturated carbocycles. The van der Waals surface area contributed by atoms with E-state index in [2.05, 4.69) is 0 Å². The molecule has 24 heavy (non-hydrogen) atoms. The van der Waals surface area contributed by atoms with Gasteiger partial charge >= 0.3 is 5.97 Å². The van der Waals surface area contributed by atoms with Gasteiger partial charge in [-0.1, -0.05) is 30.3 Å². The molecular formula is C18H20N2O4. The van der Waals surface area contributed by atoms with Crippen molar-refractivity contribution in [2.45, 2.75) is 12.5 Å². The summed E-state index contributed by atoms with van der Waals surface area (Å²) in [5.74, 6) is -1.02. The number of aromatic nitrogens is 1. The molecule has 1 aromatic heterocycles. The van der Waals surface area contributed by atoms with Gasteiger partial charge in [0.1, 0.15) is 5.69 Å². The van der Waals surface area contributed by atoms with Crippen molar-refractivity contribution >= 4 is 11.9 Å². The number of carboxylic acids is 1. The van der Waals surface area contributed by atoms with E-state index in [9.17, 15) is 9.59 Å². The summed E-state index contributed by atoms with van der Waals surface area (Å²) in [4.78, 5) is 25.3. The maximum absolute atomic E-state index is 12.8. The molecule has 1 fully saturated rings. The van der Waals surface area contributed by atoms with Crippen LogP contribution in [0.15, 0.2) is 42.5 Å². The maximum atomic E-state index is 12.8. The average molecular weight is 328 g/mol. The Hall–Kier alpha value is -2.60. The minimum Gasteiger partial charge on any atom is -0.481 e. The number of nitrogens with zero attached hydrogens (tertiary/aromatic N) is 2. The molecule has 1 N–H and O–H groups in total. The number of hydrogen-bond donors (Lipinski definition) is 1. The van der Waals surface area contributed by atoms with Crippen LogP contribution in [-0.4, -0.2) is 52.3 Å². The predicted octanol–water partition coefficient (Wildman–Crippen LogP) is 2.01. The Labute approximate surface area is 140 Å². The normalized spacial score (nSPS) is 17.7. The molecule has 1 amide bonds. The largest absolute Gasteiger partial charge is 0.481 e. The molecule has 3 rings (SSSR count). The highest BCUT2D eigenvalue weighted by molar-refractivity contribution is 5.94. The second kappa shape index (κ2) is 6.88. The fourth-order valence-electron chi connectivity index (χ4n) is 3.01. The molecule has 2 aromatic rings. The Balaban J connectivity index is 1.78. The molecule has 0 radical (unpaired) electrons. The van der Waals surface area contributed by atoms with Crippen LogP contribution in [0.4, 0.5) is 0 Å². The molecule has 0 bridgehead atoms. The maximum Gasteiger partial charge on any atom is 0.306 e. The van der Waals surface area contributed by atoms with E-state index in [1.54, 1.807) is 4.90 Å². The number of rotatable bonds is 4. The van der Waals surface area contributed by atoms with Crippen LogP contribution in [0.2, 0.25) is 0 Å². The standard InChI is InChI=1S/C18H20N2O4/c1-19-15(13-5-3-2-4-6-13)7-8-16(19)18(23)20-9-10-24-14(12-20)11-17(21)22/h2-8,14H,9-12H2,1H3,(H,21,22)/t14-/m0/s1. The predicted molar refractivity (Wildman–Crippen MR) is 88.7 cm³/mol. The number of amides is 1. The molecule has 1 saturated heterocycles. The van der Waals surface area contributed by atoms with Crippen molar-refractivity contribution in [3.63, 3.8) is 0 Å². The molecule has 0 spiro atoms. The van der Waals surface area contributed by atoms with E-state index in [-0.39, 0.29) is 12.3 Å². The molecule has 1 aliphatic heterocycles. The van der Waals surface area contributed by atoms with E-state index < -0.39 is 12.1 Å². The van der Waals surface area contributed by atoms with Crippen LogP contribution in [0.3, 0.4) is 0 Å². The second-order valence-corrected chi connectivity index (χ2v) is 5.87. The van der Waals surface area contributed by atoms with Crippen LogP contribution in [-0.2, 0) is 16.6 Å². The van der Waals surface area contributed by atoms with E-state index >= 15 is 0 Å². The summed E-state index contributed by atoms with van der Waals surface area (Å²) in [5.41, 5.74) is 2.60. The minimum absolute atomic E-state index is 0.0911. The van der Waals surface area contributed by atoms with Crippen molar-refractivity contribution < 1.29 is 19.4 Å². The van der Waals surface area contributed by atoms with Gasteiger partial charge in [0.15, 0.2) is 0 Å². The number of aliphatic carboxylic acids is 1. The Morgan fingerprint density at radius 3 is 2.67 bits per heavy atom. The van der Waals surface area contributed by atoms with Gasteiger partial charge in [-0.3, -0.25) is 9.59 Å². The highest BCUT2D eigenvalue weighted by Gasteiger charge is 2.28. The number of carbonyl (C=O) groups is 2. The molecule has 1 aliphatic rings. The van der Waals surface area contributed by atoms with Crippen LogP contribution in [0, 0.1) is 0 Å². The van der Waals surface area contributed by atoms with Crippen molar-refractivity contribution in [1.29, 1.82) is 0 Å². The van der Waals surface area contributed by atoms with Gasteiger partial charge in [-0.15, -0.1) is 0 Å². The first-order valence-electron chi connectivity index (χ1n) is 7.90. The molecule has 1 atom stereocenters. The van der Waals surface area contributed by atoms with E-state index in [1.807, 2.05) is 54.1 Å². The number of hydrogen-bond acceptors (Lipinski definition) is 3. The van der Waals surface area contributed by atoms with Crippen molar-refractivity contribution in [2.75, 3.05) is 19.7 Å². The Morgan fingerprint density at radius 1 is 1.21 bits per heavy atom. The van der Waals surface area contributed by atoms with Gasteiger partial charge in [0.25, 0.3) is 5.91 Å². The molecule has 126 valence electrons. The lowest BCUT2D eigenvalue weighted by atomic mass is 10.2. The first-order chi connectivity index (χ1) is 11.6.